The molecule has 0 aliphatic heterocycles. The maximum absolute atomic E-state index is 13.1. The predicted molar refractivity (Wildman–Crippen MR) is 112 cm³/mol. The highest BCUT2D eigenvalue weighted by molar-refractivity contribution is 6.32. The lowest BCUT2D eigenvalue weighted by Crippen LogP contribution is -2.25. The zero-order valence-corrected chi connectivity index (χ0v) is 16.6. The van der Waals surface area contributed by atoms with E-state index in [4.69, 9.17) is 11.6 Å². The van der Waals surface area contributed by atoms with Gasteiger partial charge in [-0.3, -0.25) is 19.3 Å². The first-order valence-corrected chi connectivity index (χ1v) is 9.39. The summed E-state index contributed by atoms with van der Waals surface area (Å²) < 4.78 is 1.57. The van der Waals surface area contributed by atoms with Crippen LogP contribution in [0.5, 0.6) is 0 Å². The highest BCUT2D eigenvalue weighted by atomic mass is 35.5. The molecule has 0 saturated heterocycles. The van der Waals surface area contributed by atoms with Crippen LogP contribution < -0.4 is 10.9 Å². The van der Waals surface area contributed by atoms with Gasteiger partial charge < -0.3 is 5.32 Å². The van der Waals surface area contributed by atoms with Crippen LogP contribution in [-0.2, 0) is 0 Å². The third kappa shape index (κ3) is 3.40. The Morgan fingerprint density at radius 1 is 1.24 bits per heavy atom. The summed E-state index contributed by atoms with van der Waals surface area (Å²) in [7, 11) is 1.58. The van der Waals surface area contributed by atoms with Crippen LogP contribution in [0.4, 0.5) is 0 Å². The Balaban J connectivity index is 1.75. The van der Waals surface area contributed by atoms with Crippen molar-refractivity contribution >= 4 is 28.4 Å². The van der Waals surface area contributed by atoms with Crippen molar-refractivity contribution in [3.05, 3.63) is 81.6 Å². The lowest BCUT2D eigenvalue weighted by Gasteiger charge is -2.16. The number of H-pyrrole nitrogens is 1. The highest BCUT2D eigenvalue weighted by Crippen LogP contribution is 2.27. The first-order chi connectivity index (χ1) is 14.0. The molecule has 7 nitrogen and oxygen atoms in total. The minimum Gasteiger partial charge on any atom is -0.355 e. The topological polar surface area (TPSA) is 92.7 Å². The van der Waals surface area contributed by atoms with Crippen molar-refractivity contribution in [2.24, 2.45) is 0 Å². The largest absolute Gasteiger partial charge is 0.355 e. The number of aromatic nitrogens is 4. The summed E-state index contributed by atoms with van der Waals surface area (Å²) >= 11 is 6.10. The van der Waals surface area contributed by atoms with Crippen molar-refractivity contribution in [3.63, 3.8) is 0 Å². The van der Waals surface area contributed by atoms with Gasteiger partial charge in [0.1, 0.15) is 5.15 Å². The van der Waals surface area contributed by atoms with E-state index in [1.54, 1.807) is 42.1 Å². The van der Waals surface area contributed by atoms with Crippen molar-refractivity contribution < 1.29 is 4.79 Å². The minimum atomic E-state index is -0.285. The van der Waals surface area contributed by atoms with E-state index < -0.39 is 0 Å². The van der Waals surface area contributed by atoms with E-state index in [9.17, 15) is 9.59 Å². The maximum Gasteiger partial charge on any atom is 0.261 e. The molecule has 1 unspecified atom stereocenters. The van der Waals surface area contributed by atoms with Gasteiger partial charge in [-0.2, -0.15) is 5.10 Å². The van der Waals surface area contributed by atoms with Gasteiger partial charge in [-0.05, 0) is 42.3 Å². The summed E-state index contributed by atoms with van der Waals surface area (Å²) in [6, 6.07) is 12.3. The number of hydrogen-bond acceptors (Lipinski definition) is 4. The Hall–Kier alpha value is -3.45. The second-order valence-electron chi connectivity index (χ2n) is 6.67. The molecule has 146 valence electrons. The molecular weight excluding hydrogens is 390 g/mol. The highest BCUT2D eigenvalue weighted by Gasteiger charge is 2.15. The number of hydrogen-bond donors (Lipinski definition) is 2. The zero-order valence-electron chi connectivity index (χ0n) is 15.8. The van der Waals surface area contributed by atoms with E-state index in [-0.39, 0.29) is 17.5 Å². The van der Waals surface area contributed by atoms with Crippen LogP contribution in [0.15, 0.2) is 59.8 Å². The lowest BCUT2D eigenvalue weighted by atomic mass is 10.0. The molecule has 2 aromatic heterocycles. The van der Waals surface area contributed by atoms with Crippen molar-refractivity contribution in [3.8, 4) is 11.1 Å². The average Bonchev–Trinajstić information content (AvgIpc) is 3.18. The molecule has 0 spiro atoms. The monoisotopic (exact) mass is 407 g/mol. The van der Waals surface area contributed by atoms with E-state index in [0.29, 0.717) is 21.6 Å². The second kappa shape index (κ2) is 7.52. The number of nitrogens with one attached hydrogen (secondary N) is 2. The summed E-state index contributed by atoms with van der Waals surface area (Å²) in [5.74, 6) is -0.173. The molecule has 0 saturated carbocycles. The molecule has 4 rings (SSSR count). The van der Waals surface area contributed by atoms with Gasteiger partial charge in [0.2, 0.25) is 0 Å². The van der Waals surface area contributed by atoms with Crippen LogP contribution in [0.25, 0.3) is 22.0 Å². The van der Waals surface area contributed by atoms with Crippen LogP contribution in [0, 0.1) is 0 Å². The molecule has 2 aromatic carbocycles. The van der Waals surface area contributed by atoms with Crippen LogP contribution in [-0.4, -0.2) is 32.7 Å². The normalized spacial score (nSPS) is 12.1. The van der Waals surface area contributed by atoms with Gasteiger partial charge in [0, 0.05) is 18.2 Å². The standard InChI is InChI=1S/C21H18ClN5O2/c1-12(13-4-3-5-15(8-13)20(28)23-2)27-11-24-18-9-14(6-7-16(18)21(27)29)17-10-25-26-19(17)22/h3-12H,1-2H3,(H,23,28)(H,25,26). The van der Waals surface area contributed by atoms with E-state index in [0.717, 1.165) is 16.7 Å². The Morgan fingerprint density at radius 3 is 2.79 bits per heavy atom. The number of halogens is 1. The molecule has 4 aromatic rings. The summed E-state index contributed by atoms with van der Waals surface area (Å²) in [4.78, 5) is 29.5. The first-order valence-electron chi connectivity index (χ1n) is 9.01. The number of aromatic amines is 1. The fourth-order valence-corrected chi connectivity index (χ4v) is 3.50. The van der Waals surface area contributed by atoms with Gasteiger partial charge in [0.05, 0.1) is 29.5 Å². The molecule has 1 amide bonds. The molecule has 2 heterocycles. The van der Waals surface area contributed by atoms with Crippen LogP contribution in [0.1, 0.15) is 28.9 Å². The van der Waals surface area contributed by atoms with Gasteiger partial charge in [0.25, 0.3) is 11.5 Å². The number of carbonyl (C=O) groups is 1. The molecule has 0 fully saturated rings. The Labute approximate surface area is 171 Å². The van der Waals surface area contributed by atoms with Gasteiger partial charge in [-0.25, -0.2) is 4.98 Å². The number of carbonyl (C=O) groups excluding carboxylic acids is 1. The summed E-state index contributed by atoms with van der Waals surface area (Å²) in [5.41, 5.74) is 3.38. The van der Waals surface area contributed by atoms with Crippen molar-refractivity contribution in [2.45, 2.75) is 13.0 Å². The molecule has 0 bridgehead atoms. The van der Waals surface area contributed by atoms with E-state index >= 15 is 0 Å². The summed E-state index contributed by atoms with van der Waals surface area (Å²) in [6.45, 7) is 1.90. The van der Waals surface area contributed by atoms with E-state index in [2.05, 4.69) is 20.5 Å². The third-order valence-electron chi connectivity index (χ3n) is 4.96. The first kappa shape index (κ1) is 18.9. The third-order valence-corrected chi connectivity index (χ3v) is 5.25. The van der Waals surface area contributed by atoms with Crippen molar-refractivity contribution in [1.82, 2.24) is 25.1 Å². The molecule has 0 aliphatic rings. The number of fused-ring (bicyclic) bond motifs is 1. The maximum atomic E-state index is 13.1. The SMILES string of the molecule is CNC(=O)c1cccc(C(C)n2cnc3cc(-c4cn[nH]c4Cl)ccc3c2=O)c1. The molecule has 0 radical (unpaired) electrons. The molecular formula is C21H18ClN5O2. The Kier molecular flexibility index (Phi) is 4.90. The predicted octanol–water partition coefficient (Wildman–Crippen LogP) is 3.41. The fourth-order valence-electron chi connectivity index (χ4n) is 3.30. The van der Waals surface area contributed by atoms with Crippen LogP contribution in [0.3, 0.4) is 0 Å². The molecule has 1 atom stereocenters. The number of amides is 1. The zero-order chi connectivity index (χ0) is 20.5. The molecule has 2 N–H and O–H groups in total. The molecule has 29 heavy (non-hydrogen) atoms. The lowest BCUT2D eigenvalue weighted by molar-refractivity contribution is 0.0963. The van der Waals surface area contributed by atoms with Crippen molar-refractivity contribution in [1.29, 1.82) is 0 Å². The average molecular weight is 408 g/mol. The van der Waals surface area contributed by atoms with Gasteiger partial charge in [0.15, 0.2) is 0 Å². The van der Waals surface area contributed by atoms with Crippen molar-refractivity contribution in [2.75, 3.05) is 7.05 Å². The minimum absolute atomic E-state index is 0.155. The van der Waals surface area contributed by atoms with E-state index in [1.165, 1.54) is 6.33 Å². The number of benzene rings is 2. The summed E-state index contributed by atoms with van der Waals surface area (Å²) in [5, 5.41) is 10.2. The van der Waals surface area contributed by atoms with Gasteiger partial charge >= 0.3 is 0 Å². The van der Waals surface area contributed by atoms with Crippen LogP contribution >= 0.6 is 11.6 Å². The van der Waals surface area contributed by atoms with Gasteiger partial charge in [-0.15, -0.1) is 0 Å². The van der Waals surface area contributed by atoms with E-state index in [1.807, 2.05) is 25.1 Å². The fraction of sp³-hybridized carbons (Fsp3) is 0.143. The van der Waals surface area contributed by atoms with Gasteiger partial charge in [-0.1, -0.05) is 29.8 Å². The number of rotatable bonds is 4. The molecule has 8 heteroatoms. The molecule has 0 aliphatic carbocycles. The Morgan fingerprint density at radius 2 is 2.07 bits per heavy atom. The van der Waals surface area contributed by atoms with Crippen LogP contribution in [0.2, 0.25) is 5.15 Å². The Bertz CT molecular complexity index is 1280. The second-order valence-corrected chi connectivity index (χ2v) is 7.05. The summed E-state index contributed by atoms with van der Waals surface area (Å²) in [6.07, 6.45) is 3.16. The quantitative estimate of drug-likeness (QED) is 0.542. The number of nitrogens with zero attached hydrogens (tertiary/aromatic N) is 3. The smallest absolute Gasteiger partial charge is 0.261 e.